The normalized spacial score (nSPS) is 15.1. The van der Waals surface area contributed by atoms with Crippen molar-refractivity contribution in [2.75, 3.05) is 56.3 Å². The second kappa shape index (κ2) is 37.3. The number of nitrogens with zero attached hydrogens (tertiary/aromatic N) is 5. The molecule has 3 heterocycles. The van der Waals surface area contributed by atoms with E-state index in [1.54, 1.807) is 27.0 Å². The molecule has 0 radical (unpaired) electrons. The highest BCUT2D eigenvalue weighted by Gasteiger charge is 2.55. The second-order valence-electron chi connectivity index (χ2n) is 20.9. The predicted molar refractivity (Wildman–Crippen MR) is 335 cm³/mol. The van der Waals surface area contributed by atoms with Crippen molar-refractivity contribution in [3.05, 3.63) is 124 Å². The van der Waals surface area contributed by atoms with Gasteiger partial charge in [-0.15, -0.1) is 18.3 Å². The first-order chi connectivity index (χ1) is 38.2. The third-order valence-corrected chi connectivity index (χ3v) is 15.0. The molecule has 2 atom stereocenters. The summed E-state index contributed by atoms with van der Waals surface area (Å²) >= 11 is 0. The Bertz CT molecular complexity index is 2470. The van der Waals surface area contributed by atoms with Crippen LogP contribution in [0.15, 0.2) is 79.2 Å². The monoisotopic (exact) mass is 1110 g/mol. The van der Waals surface area contributed by atoms with E-state index in [4.69, 9.17) is 5.73 Å². The summed E-state index contributed by atoms with van der Waals surface area (Å²) in [6.07, 6.45) is 18.8. The molecule has 1 spiro atoms. The van der Waals surface area contributed by atoms with Crippen LogP contribution >= 0.6 is 0 Å². The summed E-state index contributed by atoms with van der Waals surface area (Å²) in [6.45, 7) is 43.6. The third-order valence-electron chi connectivity index (χ3n) is 15.0. The summed E-state index contributed by atoms with van der Waals surface area (Å²) in [5.41, 5.74) is 14.0. The number of aromatic nitrogens is 1. The van der Waals surface area contributed by atoms with Crippen LogP contribution in [0.5, 0.6) is 0 Å². The molecule has 0 saturated heterocycles. The van der Waals surface area contributed by atoms with Gasteiger partial charge >= 0.3 is 0 Å². The van der Waals surface area contributed by atoms with Gasteiger partial charge in [-0.05, 0) is 160 Å². The van der Waals surface area contributed by atoms with Crippen molar-refractivity contribution >= 4 is 46.4 Å². The summed E-state index contributed by atoms with van der Waals surface area (Å²) in [7, 11) is 1.66. The first-order valence-corrected chi connectivity index (χ1v) is 29.9. The van der Waals surface area contributed by atoms with Gasteiger partial charge in [0.15, 0.2) is 11.6 Å². The van der Waals surface area contributed by atoms with E-state index in [2.05, 4.69) is 73.9 Å². The molecule has 1 saturated carbocycles. The molecule has 446 valence electrons. The van der Waals surface area contributed by atoms with Gasteiger partial charge in [0, 0.05) is 78.8 Å². The zero-order valence-electron chi connectivity index (χ0n) is 52.6. The van der Waals surface area contributed by atoms with Crippen LogP contribution in [0.4, 0.5) is 20.2 Å². The number of hydrogen-bond acceptors (Lipinski definition) is 9. The van der Waals surface area contributed by atoms with Gasteiger partial charge in [-0.2, -0.15) is 0 Å². The van der Waals surface area contributed by atoms with Crippen molar-refractivity contribution in [1.29, 1.82) is 0 Å². The maximum Gasteiger partial charge on any atom is 0.280 e. The van der Waals surface area contributed by atoms with E-state index in [-0.39, 0.29) is 45.6 Å². The van der Waals surface area contributed by atoms with E-state index in [0.29, 0.717) is 60.6 Å². The zero-order valence-corrected chi connectivity index (χ0v) is 52.6. The Labute approximate surface area is 483 Å². The van der Waals surface area contributed by atoms with Gasteiger partial charge in [-0.25, -0.2) is 4.39 Å². The fraction of sp³-hybridized carbons (Fsp3) is 0.567. The average Bonchev–Trinajstić information content (AvgIpc) is 4.34. The molecule has 2 aliphatic heterocycles. The molecule has 13 heteroatoms. The molecule has 2 aromatic carbocycles. The number of carbonyl (C=O) groups excluding carboxylic acids is 4. The molecule has 11 nitrogen and oxygen atoms in total. The quantitative estimate of drug-likeness (QED) is 0.0437. The smallest absolute Gasteiger partial charge is 0.280 e. The van der Waals surface area contributed by atoms with Gasteiger partial charge in [0.2, 0.25) is 5.91 Å². The molecule has 3 aliphatic rings. The highest BCUT2D eigenvalue weighted by atomic mass is 19.2. The number of primary amides is 1. The summed E-state index contributed by atoms with van der Waals surface area (Å²) in [5, 5.41) is 2.96. The van der Waals surface area contributed by atoms with Crippen LogP contribution in [-0.4, -0.2) is 96.6 Å². The van der Waals surface area contributed by atoms with E-state index in [9.17, 15) is 23.6 Å². The highest BCUT2D eigenvalue weighted by molar-refractivity contribution is 6.03. The molecule has 3 aromatic rings. The number of hydrogen-bond donors (Lipinski definition) is 2. The molecule has 2 unspecified atom stereocenters. The van der Waals surface area contributed by atoms with E-state index in [0.717, 1.165) is 58.7 Å². The van der Waals surface area contributed by atoms with Crippen LogP contribution < -0.4 is 21.1 Å². The lowest BCUT2D eigenvalue weighted by atomic mass is 9.84. The minimum absolute atomic E-state index is 0.0153. The molecule has 0 bridgehead atoms. The Kier molecular flexibility index (Phi) is 33.6. The van der Waals surface area contributed by atoms with E-state index in [1.165, 1.54) is 89.5 Å². The summed E-state index contributed by atoms with van der Waals surface area (Å²) < 4.78 is 30.0. The van der Waals surface area contributed by atoms with Crippen LogP contribution in [0, 0.1) is 32.5 Å². The lowest BCUT2D eigenvalue weighted by Crippen LogP contribution is -2.52. The van der Waals surface area contributed by atoms with Crippen LogP contribution in [0.2, 0.25) is 0 Å². The number of allylic oxidation sites excluding steroid dienone is 1. The lowest BCUT2D eigenvalue weighted by molar-refractivity contribution is -0.121. The standard InChI is InChI=1S/C30H36F2N4O2.C17H22N2O2.C14H31N.2C2H6.C2H4/c1-18(15-26-21(4)34-11-8-28(26)36(32)29(38)16-20(3)33-7)22(5)35-12-9-24(10-13-35)30-19(2)14-25(23(6)37)17-27(30)31;1-3-4-14(16(18)21)19-10-15(20)17(7-8-17)12-9-11(2)5-6-13(12)19;1-5-9-14(10-6-2)13-15(11-7-3)12-8-4;3*1-2/h8-9,11,14-17,22,33H,10,12-13H2,1-7H3;5-6,9,14H,3-4,7-8,10H2,1-2H3,(H2,18,21);14H,5-13H2,1-4H3;2*1-2H3;1-2H2/b18-15+,20-16+;;;;;. The Balaban J connectivity index is 0.000000638. The maximum atomic E-state index is 15.1. The van der Waals surface area contributed by atoms with Crippen LogP contribution in [0.25, 0.3) is 11.6 Å². The molecular weight excluding hydrogens is 1000 g/mol. The van der Waals surface area contributed by atoms with Gasteiger partial charge < -0.3 is 20.9 Å². The SMILES string of the molecule is C=C.CC.CC.CCCC(C(N)=O)N1CC(=O)C2(CC2)c2cc(C)ccc21.CCCC(CCC)CN(CCC)CCC.CN/C(C)=C/C(=O)N(F)c1ccnc(C)c1/C=C(\C)C(C)N1CC=C(c2c(C)cc(C(C)=O)cc2F)CC1. The Morgan fingerprint density at radius 2 is 1.49 bits per heavy atom. The number of Topliss-reactive ketones (excluding diaryl/α,β-unsaturated/α-hetero) is 2. The number of fused-ring (bicyclic) bond motifs is 2. The number of rotatable bonds is 22. The number of benzene rings is 2. The second-order valence-corrected chi connectivity index (χ2v) is 20.9. The maximum absolute atomic E-state index is 15.1. The van der Waals surface area contributed by atoms with Crippen molar-refractivity contribution in [3.63, 3.8) is 0 Å². The summed E-state index contributed by atoms with van der Waals surface area (Å²) in [4.78, 5) is 59.7. The van der Waals surface area contributed by atoms with E-state index >= 15 is 4.48 Å². The predicted octanol–water partition coefficient (Wildman–Crippen LogP) is 15.2. The minimum Gasteiger partial charge on any atom is -0.391 e. The van der Waals surface area contributed by atoms with Gasteiger partial charge in [0.1, 0.15) is 11.9 Å². The highest BCUT2D eigenvalue weighted by Crippen LogP contribution is 2.55. The van der Waals surface area contributed by atoms with Crippen molar-refractivity contribution in [2.24, 2.45) is 11.7 Å². The largest absolute Gasteiger partial charge is 0.391 e. The number of nitrogens with two attached hydrogens (primary N) is 1. The number of aryl methyl sites for hydroxylation is 3. The fourth-order valence-corrected chi connectivity index (χ4v) is 10.5. The van der Waals surface area contributed by atoms with Crippen molar-refractivity contribution in [1.82, 2.24) is 20.1 Å². The first kappa shape index (κ1) is 72.2. The zero-order chi connectivity index (χ0) is 60.9. The van der Waals surface area contributed by atoms with Gasteiger partial charge in [0.05, 0.1) is 17.6 Å². The van der Waals surface area contributed by atoms with Gasteiger partial charge in [-0.3, -0.25) is 29.1 Å². The molecule has 80 heavy (non-hydrogen) atoms. The van der Waals surface area contributed by atoms with E-state index < -0.39 is 11.9 Å². The molecular formula is C67H105F2N7O4. The molecule has 1 fully saturated rings. The van der Waals surface area contributed by atoms with E-state index in [1.807, 2.05) is 84.6 Å². The summed E-state index contributed by atoms with van der Waals surface area (Å²) in [6, 6.07) is 10.4. The molecule has 1 aliphatic carbocycles. The van der Waals surface area contributed by atoms with Crippen LogP contribution in [0.3, 0.4) is 0 Å². The number of ketones is 2. The van der Waals surface area contributed by atoms with Crippen molar-refractivity contribution in [3.8, 4) is 0 Å². The number of nitrogens with one attached hydrogen (secondary N) is 1. The lowest BCUT2D eigenvalue weighted by Gasteiger charge is -2.39. The first-order valence-electron chi connectivity index (χ1n) is 29.9. The van der Waals surface area contributed by atoms with Crippen molar-refractivity contribution in [2.45, 2.75) is 199 Å². The molecule has 3 N–H and O–H groups in total. The van der Waals surface area contributed by atoms with Crippen molar-refractivity contribution < 1.29 is 28.0 Å². The topological polar surface area (TPSA) is 132 Å². The number of pyridine rings is 1. The number of halogens is 2. The molecule has 2 amide bonds. The fourth-order valence-electron chi connectivity index (χ4n) is 10.5. The van der Waals surface area contributed by atoms with Crippen LogP contribution in [-0.2, 0) is 19.8 Å². The van der Waals surface area contributed by atoms with Crippen LogP contribution in [0.1, 0.15) is 205 Å². The number of amides is 2. The number of carbonyl (C=O) groups is 4. The number of anilines is 2. The average molecular weight is 1110 g/mol. The Morgan fingerprint density at radius 1 is 0.887 bits per heavy atom. The van der Waals surface area contributed by atoms with Gasteiger partial charge in [-0.1, -0.05) is 121 Å². The molecule has 6 rings (SSSR count). The Hall–Kier alpha value is -5.79. The van der Waals surface area contributed by atoms with Gasteiger partial charge in [0.25, 0.3) is 5.91 Å². The third kappa shape index (κ3) is 20.6. The summed E-state index contributed by atoms with van der Waals surface area (Å²) in [5.74, 6) is -0.474. The molecule has 1 aromatic heterocycles. The minimum atomic E-state index is -0.782. The Morgan fingerprint density at radius 3 is 1.98 bits per heavy atom.